The summed E-state index contributed by atoms with van der Waals surface area (Å²) in [6.07, 6.45) is 1.01. The van der Waals surface area contributed by atoms with E-state index < -0.39 is 0 Å². The number of hydrogen-bond donors (Lipinski definition) is 0. The number of fused-ring (bicyclic) bond motifs is 3. The molecule has 0 saturated carbocycles. The molecule has 0 unspecified atom stereocenters. The first-order valence-electron chi connectivity index (χ1n) is 7.48. The van der Waals surface area contributed by atoms with E-state index in [1.165, 1.54) is 0 Å². The van der Waals surface area contributed by atoms with Gasteiger partial charge < -0.3 is 9.47 Å². The standard InChI is InChI=1S/C17H18ClN3O2/c1-19(2)8-3-9-20-16-6-4-12(18)10-14(16)15-11-13(21(22)23)5-7-17(15)20/h4-7,10-11H,3,8-9H2,1-2H3. The molecule has 0 saturated heterocycles. The van der Waals surface area contributed by atoms with Crippen LogP contribution < -0.4 is 0 Å². The lowest BCUT2D eigenvalue weighted by Crippen LogP contribution is -2.15. The van der Waals surface area contributed by atoms with Crippen molar-refractivity contribution in [2.75, 3.05) is 20.6 Å². The molecule has 1 aromatic heterocycles. The molecule has 3 rings (SSSR count). The van der Waals surface area contributed by atoms with E-state index >= 15 is 0 Å². The summed E-state index contributed by atoms with van der Waals surface area (Å²) in [6, 6.07) is 10.8. The Bertz CT molecular complexity index is 886. The van der Waals surface area contributed by atoms with Gasteiger partial charge in [0.1, 0.15) is 0 Å². The number of benzene rings is 2. The van der Waals surface area contributed by atoms with Crippen LogP contribution in [-0.4, -0.2) is 35.0 Å². The van der Waals surface area contributed by atoms with Gasteiger partial charge in [-0.1, -0.05) is 11.6 Å². The summed E-state index contributed by atoms with van der Waals surface area (Å²) in [4.78, 5) is 12.9. The minimum Gasteiger partial charge on any atom is -0.340 e. The number of nitro benzene ring substituents is 1. The van der Waals surface area contributed by atoms with Crippen LogP contribution in [0.4, 0.5) is 5.69 Å². The number of aromatic nitrogens is 1. The van der Waals surface area contributed by atoms with E-state index in [0.29, 0.717) is 5.02 Å². The van der Waals surface area contributed by atoms with E-state index in [4.69, 9.17) is 11.6 Å². The number of hydrogen-bond acceptors (Lipinski definition) is 3. The molecule has 0 bridgehead atoms. The predicted octanol–water partition coefficient (Wildman–Crippen LogP) is 4.31. The van der Waals surface area contributed by atoms with Crippen molar-refractivity contribution in [1.29, 1.82) is 0 Å². The highest BCUT2D eigenvalue weighted by Crippen LogP contribution is 2.33. The van der Waals surface area contributed by atoms with Gasteiger partial charge in [-0.3, -0.25) is 10.1 Å². The average molecular weight is 332 g/mol. The second kappa shape index (κ2) is 6.18. The summed E-state index contributed by atoms with van der Waals surface area (Å²) in [7, 11) is 4.10. The third kappa shape index (κ3) is 3.02. The lowest BCUT2D eigenvalue weighted by atomic mass is 10.1. The van der Waals surface area contributed by atoms with E-state index in [-0.39, 0.29) is 10.6 Å². The predicted molar refractivity (Wildman–Crippen MR) is 94.3 cm³/mol. The molecule has 0 N–H and O–H groups in total. The van der Waals surface area contributed by atoms with Crippen LogP contribution in [0.25, 0.3) is 21.8 Å². The van der Waals surface area contributed by atoms with Crippen molar-refractivity contribution < 1.29 is 4.92 Å². The fraction of sp³-hybridized carbons (Fsp3) is 0.294. The van der Waals surface area contributed by atoms with E-state index in [2.05, 4.69) is 23.6 Å². The van der Waals surface area contributed by atoms with Gasteiger partial charge in [0.25, 0.3) is 5.69 Å². The maximum atomic E-state index is 11.1. The second-order valence-electron chi connectivity index (χ2n) is 5.93. The summed E-state index contributed by atoms with van der Waals surface area (Å²) in [5.74, 6) is 0. The molecule has 0 aliphatic carbocycles. The molecule has 3 aromatic rings. The van der Waals surface area contributed by atoms with Crippen LogP contribution in [0.3, 0.4) is 0 Å². The molecular weight excluding hydrogens is 314 g/mol. The monoisotopic (exact) mass is 331 g/mol. The van der Waals surface area contributed by atoms with Crippen molar-refractivity contribution in [1.82, 2.24) is 9.47 Å². The molecule has 1 heterocycles. The zero-order valence-electron chi connectivity index (χ0n) is 13.1. The third-order valence-corrected chi connectivity index (χ3v) is 4.24. The Hall–Kier alpha value is -2.11. The zero-order chi connectivity index (χ0) is 16.6. The van der Waals surface area contributed by atoms with Crippen molar-refractivity contribution in [3.63, 3.8) is 0 Å². The van der Waals surface area contributed by atoms with Crippen molar-refractivity contribution in [2.24, 2.45) is 0 Å². The Kier molecular flexibility index (Phi) is 4.24. The molecule has 0 radical (unpaired) electrons. The Balaban J connectivity index is 2.18. The molecular formula is C17H18ClN3O2. The summed E-state index contributed by atoms with van der Waals surface area (Å²) in [5.41, 5.74) is 2.17. The van der Waals surface area contributed by atoms with Crippen LogP contribution in [0.15, 0.2) is 36.4 Å². The molecule has 0 spiro atoms. The minimum atomic E-state index is -0.362. The number of halogens is 1. The fourth-order valence-electron chi connectivity index (χ4n) is 2.96. The summed E-state index contributed by atoms with van der Waals surface area (Å²) in [6.45, 7) is 1.85. The molecule has 23 heavy (non-hydrogen) atoms. The maximum Gasteiger partial charge on any atom is 0.270 e. The highest BCUT2D eigenvalue weighted by Gasteiger charge is 2.15. The molecule has 0 fully saturated rings. The average Bonchev–Trinajstić information content (AvgIpc) is 2.80. The lowest BCUT2D eigenvalue weighted by Gasteiger charge is -2.11. The van der Waals surface area contributed by atoms with Crippen LogP contribution >= 0.6 is 11.6 Å². The molecule has 120 valence electrons. The number of non-ortho nitro benzene ring substituents is 1. The van der Waals surface area contributed by atoms with Gasteiger partial charge >= 0.3 is 0 Å². The third-order valence-electron chi connectivity index (χ3n) is 4.01. The topological polar surface area (TPSA) is 51.3 Å². The summed E-state index contributed by atoms with van der Waals surface area (Å²) < 4.78 is 2.22. The van der Waals surface area contributed by atoms with Crippen LogP contribution in [-0.2, 0) is 6.54 Å². The normalized spacial score (nSPS) is 11.7. The van der Waals surface area contributed by atoms with Gasteiger partial charge in [0.15, 0.2) is 0 Å². The first kappa shape index (κ1) is 15.8. The Morgan fingerprint density at radius 1 is 1.13 bits per heavy atom. The van der Waals surface area contributed by atoms with Gasteiger partial charge in [-0.2, -0.15) is 0 Å². The summed E-state index contributed by atoms with van der Waals surface area (Å²) >= 11 is 6.13. The quantitative estimate of drug-likeness (QED) is 0.517. The molecule has 6 heteroatoms. The van der Waals surface area contributed by atoms with Crippen LogP contribution in [0, 0.1) is 10.1 Å². The van der Waals surface area contributed by atoms with Crippen molar-refractivity contribution in [3.8, 4) is 0 Å². The Labute approximate surface area is 139 Å². The van der Waals surface area contributed by atoms with E-state index in [0.717, 1.165) is 41.3 Å². The fourth-order valence-corrected chi connectivity index (χ4v) is 3.14. The van der Waals surface area contributed by atoms with Crippen LogP contribution in [0.2, 0.25) is 5.02 Å². The molecule has 5 nitrogen and oxygen atoms in total. The van der Waals surface area contributed by atoms with Crippen molar-refractivity contribution in [2.45, 2.75) is 13.0 Å². The summed E-state index contributed by atoms with van der Waals surface area (Å²) in [5, 5.41) is 13.5. The SMILES string of the molecule is CN(C)CCCn1c2ccc(Cl)cc2c2cc([N+](=O)[O-])ccc21. The van der Waals surface area contributed by atoms with E-state index in [1.807, 2.05) is 24.3 Å². The smallest absolute Gasteiger partial charge is 0.270 e. The van der Waals surface area contributed by atoms with E-state index in [1.54, 1.807) is 12.1 Å². The molecule has 0 amide bonds. The molecule has 2 aromatic carbocycles. The Morgan fingerprint density at radius 2 is 1.78 bits per heavy atom. The molecule has 0 aliphatic heterocycles. The largest absolute Gasteiger partial charge is 0.340 e. The minimum absolute atomic E-state index is 0.102. The zero-order valence-corrected chi connectivity index (χ0v) is 13.9. The van der Waals surface area contributed by atoms with E-state index in [9.17, 15) is 10.1 Å². The van der Waals surface area contributed by atoms with Gasteiger partial charge in [-0.25, -0.2) is 0 Å². The Morgan fingerprint density at radius 3 is 2.43 bits per heavy atom. The number of nitrogens with zero attached hydrogens (tertiary/aromatic N) is 3. The van der Waals surface area contributed by atoms with Crippen LogP contribution in [0.5, 0.6) is 0 Å². The van der Waals surface area contributed by atoms with Gasteiger partial charge in [0.2, 0.25) is 0 Å². The first-order valence-corrected chi connectivity index (χ1v) is 7.86. The number of aryl methyl sites for hydroxylation is 1. The van der Waals surface area contributed by atoms with Gasteiger partial charge in [0.05, 0.1) is 4.92 Å². The maximum absolute atomic E-state index is 11.1. The molecule has 0 atom stereocenters. The highest BCUT2D eigenvalue weighted by atomic mass is 35.5. The van der Waals surface area contributed by atoms with Crippen molar-refractivity contribution in [3.05, 3.63) is 51.5 Å². The van der Waals surface area contributed by atoms with Gasteiger partial charge in [0, 0.05) is 45.5 Å². The first-order chi connectivity index (χ1) is 11.0. The van der Waals surface area contributed by atoms with Crippen molar-refractivity contribution >= 4 is 39.1 Å². The van der Waals surface area contributed by atoms with Gasteiger partial charge in [-0.15, -0.1) is 0 Å². The number of nitro groups is 1. The molecule has 0 aliphatic rings. The second-order valence-corrected chi connectivity index (χ2v) is 6.36. The van der Waals surface area contributed by atoms with Gasteiger partial charge in [-0.05, 0) is 51.3 Å². The van der Waals surface area contributed by atoms with Crippen LogP contribution in [0.1, 0.15) is 6.42 Å². The number of rotatable bonds is 5. The lowest BCUT2D eigenvalue weighted by molar-refractivity contribution is -0.384. The highest BCUT2D eigenvalue weighted by molar-refractivity contribution is 6.31.